The summed E-state index contributed by atoms with van der Waals surface area (Å²) in [7, 11) is 1.49. The maximum Gasteiger partial charge on any atom is 0.266 e. The van der Waals surface area contributed by atoms with E-state index in [1.165, 1.54) is 4.68 Å². The van der Waals surface area contributed by atoms with E-state index in [2.05, 4.69) is 5.10 Å². The molecule has 0 N–H and O–H groups in total. The number of hydrogen-bond acceptors (Lipinski definition) is 3. The highest BCUT2D eigenvalue weighted by Gasteiger charge is 2.25. The predicted octanol–water partition coefficient (Wildman–Crippen LogP) is 2.44. The van der Waals surface area contributed by atoms with Gasteiger partial charge in [0.1, 0.15) is 10.0 Å². The second-order valence-electron chi connectivity index (χ2n) is 3.07. The van der Waals surface area contributed by atoms with Crippen molar-refractivity contribution in [2.45, 2.75) is 38.1 Å². The van der Waals surface area contributed by atoms with Gasteiger partial charge in [-0.05, 0) is 13.3 Å². The third-order valence-electron chi connectivity index (χ3n) is 1.95. The maximum atomic E-state index is 11.3. The molecular weight excluding hydrogens is 259 g/mol. The third-order valence-corrected chi connectivity index (χ3v) is 3.82. The molecule has 0 aliphatic heterocycles. The molecule has 0 aliphatic rings. The Morgan fingerprint density at radius 2 is 2.00 bits per heavy atom. The number of nitrogens with zero attached hydrogens (tertiary/aromatic N) is 2. The lowest BCUT2D eigenvalue weighted by atomic mass is 10.2. The van der Waals surface area contributed by atoms with Crippen LogP contribution in [0.5, 0.6) is 0 Å². The molecule has 1 rings (SSSR count). The van der Waals surface area contributed by atoms with Gasteiger partial charge in [-0.1, -0.05) is 24.9 Å². The van der Waals surface area contributed by atoms with Crippen molar-refractivity contribution in [1.82, 2.24) is 9.78 Å². The first kappa shape index (κ1) is 12.8. The number of rotatable bonds is 4. The van der Waals surface area contributed by atoms with E-state index in [1.54, 1.807) is 0 Å². The molecule has 1 aromatic rings. The molecule has 0 amide bonds. The van der Waals surface area contributed by atoms with Gasteiger partial charge < -0.3 is 0 Å². The minimum atomic E-state index is -3.82. The first-order chi connectivity index (χ1) is 6.91. The van der Waals surface area contributed by atoms with Crippen LogP contribution in [0.25, 0.3) is 0 Å². The van der Waals surface area contributed by atoms with Crippen LogP contribution >= 0.6 is 22.3 Å². The molecule has 0 saturated carbocycles. The van der Waals surface area contributed by atoms with Crippen molar-refractivity contribution in [3.63, 3.8) is 0 Å². The monoisotopic (exact) mass is 270 g/mol. The Kier molecular flexibility index (Phi) is 4.03. The van der Waals surface area contributed by atoms with E-state index in [0.29, 0.717) is 18.7 Å². The summed E-state index contributed by atoms with van der Waals surface area (Å²) in [6.07, 6.45) is 1.34. The molecule has 0 fully saturated rings. The van der Waals surface area contributed by atoms with Gasteiger partial charge in [0, 0.05) is 17.2 Å². The van der Waals surface area contributed by atoms with Gasteiger partial charge in [0.25, 0.3) is 9.05 Å². The molecule has 0 bridgehead atoms. The summed E-state index contributed by atoms with van der Waals surface area (Å²) < 4.78 is 24.0. The molecule has 0 aromatic carbocycles. The molecular formula is C8H12Cl2N2O2S. The fourth-order valence-electron chi connectivity index (χ4n) is 1.32. The summed E-state index contributed by atoms with van der Waals surface area (Å²) in [5.74, 6) is 0. The molecule has 1 aromatic heterocycles. The quantitative estimate of drug-likeness (QED) is 0.790. The van der Waals surface area contributed by atoms with Gasteiger partial charge in [-0.2, -0.15) is 5.10 Å². The Morgan fingerprint density at radius 3 is 2.40 bits per heavy atom. The summed E-state index contributed by atoms with van der Waals surface area (Å²) >= 11 is 5.89. The van der Waals surface area contributed by atoms with E-state index < -0.39 is 9.05 Å². The first-order valence-electron chi connectivity index (χ1n) is 4.61. The van der Waals surface area contributed by atoms with Crippen molar-refractivity contribution in [2.75, 3.05) is 0 Å². The molecule has 4 nitrogen and oxygen atoms in total. The molecule has 7 heteroatoms. The Labute approximate surface area is 98.6 Å². The lowest BCUT2D eigenvalue weighted by Crippen LogP contribution is -1.96. The highest BCUT2D eigenvalue weighted by atomic mass is 35.7. The van der Waals surface area contributed by atoms with Crippen LogP contribution in [0.3, 0.4) is 0 Å². The number of hydrogen-bond donors (Lipinski definition) is 0. The zero-order valence-corrected chi connectivity index (χ0v) is 10.8. The third kappa shape index (κ3) is 2.65. The van der Waals surface area contributed by atoms with Crippen LogP contribution in [0.1, 0.15) is 26.0 Å². The van der Waals surface area contributed by atoms with Crippen molar-refractivity contribution in [2.24, 2.45) is 0 Å². The topological polar surface area (TPSA) is 52.0 Å². The molecule has 86 valence electrons. The minimum absolute atomic E-state index is 0.0467. The number of aromatic nitrogens is 2. The Morgan fingerprint density at radius 1 is 1.40 bits per heavy atom. The Bertz CT molecular complexity index is 453. The van der Waals surface area contributed by atoms with Gasteiger partial charge in [-0.25, -0.2) is 8.42 Å². The van der Waals surface area contributed by atoms with Crippen molar-refractivity contribution in [3.8, 4) is 0 Å². The van der Waals surface area contributed by atoms with Crippen LogP contribution < -0.4 is 0 Å². The molecule has 0 aliphatic carbocycles. The zero-order chi connectivity index (χ0) is 11.6. The van der Waals surface area contributed by atoms with Gasteiger partial charge in [-0.15, -0.1) is 0 Å². The molecule has 0 unspecified atom stereocenters. The number of aryl methyl sites for hydroxylation is 2. The van der Waals surface area contributed by atoms with Crippen LogP contribution in [-0.4, -0.2) is 18.2 Å². The molecule has 0 atom stereocenters. The smallest absolute Gasteiger partial charge is 0.253 e. The van der Waals surface area contributed by atoms with E-state index >= 15 is 0 Å². The Balaban J connectivity index is 3.39. The van der Waals surface area contributed by atoms with Crippen molar-refractivity contribution in [1.29, 1.82) is 0 Å². The van der Waals surface area contributed by atoms with E-state index in [1.807, 2.05) is 13.8 Å². The maximum absolute atomic E-state index is 11.3. The Hall–Kier alpha value is -0.260. The molecule has 0 radical (unpaired) electrons. The average Bonchev–Trinajstić information content (AvgIpc) is 2.42. The second-order valence-corrected chi connectivity index (χ2v) is 5.93. The van der Waals surface area contributed by atoms with Crippen LogP contribution in [0.2, 0.25) is 5.15 Å². The van der Waals surface area contributed by atoms with Crippen LogP contribution in [0.15, 0.2) is 4.90 Å². The lowest BCUT2D eigenvalue weighted by molar-refractivity contribution is 0.608. The van der Waals surface area contributed by atoms with E-state index in [0.717, 1.165) is 6.42 Å². The fraction of sp³-hybridized carbons (Fsp3) is 0.625. The van der Waals surface area contributed by atoms with Gasteiger partial charge in [0.05, 0.1) is 5.69 Å². The summed E-state index contributed by atoms with van der Waals surface area (Å²) in [6.45, 7) is 4.28. The van der Waals surface area contributed by atoms with Gasteiger partial charge in [0.2, 0.25) is 0 Å². The SMILES string of the molecule is CCCc1nn(CC)c(Cl)c1S(=O)(=O)Cl. The van der Waals surface area contributed by atoms with E-state index in [-0.39, 0.29) is 10.0 Å². The first-order valence-corrected chi connectivity index (χ1v) is 7.30. The molecule has 0 saturated heterocycles. The normalized spacial score (nSPS) is 12.0. The highest BCUT2D eigenvalue weighted by molar-refractivity contribution is 8.13. The largest absolute Gasteiger partial charge is 0.266 e. The summed E-state index contributed by atoms with van der Waals surface area (Å²) in [6, 6.07) is 0. The van der Waals surface area contributed by atoms with Crippen LogP contribution in [0, 0.1) is 0 Å². The van der Waals surface area contributed by atoms with Crippen LogP contribution in [0.4, 0.5) is 0 Å². The molecule has 15 heavy (non-hydrogen) atoms. The van der Waals surface area contributed by atoms with Crippen LogP contribution in [-0.2, 0) is 22.0 Å². The molecule has 1 heterocycles. The van der Waals surface area contributed by atoms with Gasteiger partial charge in [0.15, 0.2) is 0 Å². The minimum Gasteiger partial charge on any atom is -0.253 e. The second kappa shape index (κ2) is 4.72. The van der Waals surface area contributed by atoms with Crippen molar-refractivity contribution >= 4 is 31.3 Å². The highest BCUT2D eigenvalue weighted by Crippen LogP contribution is 2.29. The fourth-order valence-corrected chi connectivity index (χ4v) is 3.23. The lowest BCUT2D eigenvalue weighted by Gasteiger charge is -1.96. The average molecular weight is 271 g/mol. The zero-order valence-electron chi connectivity index (χ0n) is 8.50. The van der Waals surface area contributed by atoms with E-state index in [9.17, 15) is 8.42 Å². The summed E-state index contributed by atoms with van der Waals surface area (Å²) in [5, 5.41) is 4.20. The number of halogens is 2. The predicted molar refractivity (Wildman–Crippen MR) is 59.9 cm³/mol. The standard InChI is InChI=1S/C8H12Cl2N2O2S/c1-3-5-6-7(15(10,13)14)8(9)12(4-2)11-6/h3-5H2,1-2H3. The van der Waals surface area contributed by atoms with E-state index in [4.69, 9.17) is 22.3 Å². The van der Waals surface area contributed by atoms with Crippen molar-refractivity contribution in [3.05, 3.63) is 10.8 Å². The summed E-state index contributed by atoms with van der Waals surface area (Å²) in [4.78, 5) is -0.0467. The van der Waals surface area contributed by atoms with Gasteiger partial charge >= 0.3 is 0 Å². The van der Waals surface area contributed by atoms with Crippen molar-refractivity contribution < 1.29 is 8.42 Å². The summed E-state index contributed by atoms with van der Waals surface area (Å²) in [5.41, 5.74) is 0.444. The molecule has 0 spiro atoms. The van der Waals surface area contributed by atoms with Gasteiger partial charge in [-0.3, -0.25) is 4.68 Å².